The van der Waals surface area contributed by atoms with Crippen LogP contribution in [0.3, 0.4) is 0 Å². The minimum Gasteiger partial charge on any atom is -0.493 e. The molecule has 0 aliphatic heterocycles. The van der Waals surface area contributed by atoms with Crippen molar-refractivity contribution in [3.8, 4) is 17.2 Å². The first-order chi connectivity index (χ1) is 13.6. The molecule has 28 heavy (non-hydrogen) atoms. The SMILES string of the molecule is C=CCOc1ccc(/C=N/NC(=O)c2ccc(OCCC)c(OC)c2)cc1Cl. The first-order valence-electron chi connectivity index (χ1n) is 8.76. The summed E-state index contributed by atoms with van der Waals surface area (Å²) in [4.78, 5) is 12.3. The minimum absolute atomic E-state index is 0.367. The third-order valence-electron chi connectivity index (χ3n) is 3.58. The number of hydrogen-bond donors (Lipinski definition) is 1. The van der Waals surface area contributed by atoms with E-state index in [0.717, 1.165) is 12.0 Å². The van der Waals surface area contributed by atoms with Gasteiger partial charge >= 0.3 is 0 Å². The van der Waals surface area contributed by atoms with Crippen molar-refractivity contribution in [3.63, 3.8) is 0 Å². The Morgan fingerprint density at radius 1 is 1.18 bits per heavy atom. The zero-order valence-corrected chi connectivity index (χ0v) is 16.7. The molecule has 0 radical (unpaired) electrons. The monoisotopic (exact) mass is 402 g/mol. The molecular weight excluding hydrogens is 380 g/mol. The van der Waals surface area contributed by atoms with E-state index in [4.69, 9.17) is 25.8 Å². The van der Waals surface area contributed by atoms with Gasteiger partial charge in [0, 0.05) is 5.56 Å². The standard InChI is InChI=1S/C21H23ClN2O4/c1-4-10-27-18-8-6-15(12-17(18)22)14-23-24-21(25)16-7-9-19(28-11-5-2)20(13-16)26-3/h4,6-9,12-14H,1,5,10-11H2,2-3H3,(H,24,25)/b23-14+. The Bertz CT molecular complexity index is 852. The molecule has 0 aliphatic carbocycles. The second-order valence-corrected chi connectivity index (χ2v) is 6.11. The van der Waals surface area contributed by atoms with Crippen LogP contribution < -0.4 is 19.6 Å². The van der Waals surface area contributed by atoms with Crippen molar-refractivity contribution in [1.29, 1.82) is 0 Å². The van der Waals surface area contributed by atoms with Gasteiger partial charge in [0.05, 0.1) is 25.0 Å². The van der Waals surface area contributed by atoms with Gasteiger partial charge in [0.2, 0.25) is 0 Å². The molecule has 0 fully saturated rings. The number of nitrogens with zero attached hydrogens (tertiary/aromatic N) is 1. The zero-order valence-electron chi connectivity index (χ0n) is 15.9. The van der Waals surface area contributed by atoms with E-state index in [-0.39, 0.29) is 5.91 Å². The number of hydrogen-bond acceptors (Lipinski definition) is 5. The molecule has 2 aromatic carbocycles. The van der Waals surface area contributed by atoms with Crippen LogP contribution in [0.15, 0.2) is 54.2 Å². The van der Waals surface area contributed by atoms with E-state index in [9.17, 15) is 4.79 Å². The fraction of sp³-hybridized carbons (Fsp3) is 0.238. The van der Waals surface area contributed by atoms with Gasteiger partial charge in [0.1, 0.15) is 12.4 Å². The molecule has 2 rings (SSSR count). The maximum absolute atomic E-state index is 12.3. The van der Waals surface area contributed by atoms with Crippen LogP contribution >= 0.6 is 11.6 Å². The van der Waals surface area contributed by atoms with Crippen LogP contribution in [0, 0.1) is 0 Å². The number of carbonyl (C=O) groups is 1. The van der Waals surface area contributed by atoms with Crippen LogP contribution in [0.1, 0.15) is 29.3 Å². The average molecular weight is 403 g/mol. The highest BCUT2D eigenvalue weighted by molar-refractivity contribution is 6.32. The molecule has 0 saturated heterocycles. The highest BCUT2D eigenvalue weighted by Crippen LogP contribution is 2.28. The molecular formula is C21H23ClN2O4. The molecule has 0 heterocycles. The number of rotatable bonds is 10. The number of nitrogens with one attached hydrogen (secondary N) is 1. The summed E-state index contributed by atoms with van der Waals surface area (Å²) in [5, 5.41) is 4.41. The summed E-state index contributed by atoms with van der Waals surface area (Å²) >= 11 is 6.15. The third-order valence-corrected chi connectivity index (χ3v) is 3.88. The summed E-state index contributed by atoms with van der Waals surface area (Å²) in [6.45, 7) is 6.55. The fourth-order valence-corrected chi connectivity index (χ4v) is 2.48. The second kappa shape index (κ2) is 11.0. The van der Waals surface area contributed by atoms with E-state index in [2.05, 4.69) is 17.1 Å². The van der Waals surface area contributed by atoms with Crippen LogP contribution in [0.5, 0.6) is 17.2 Å². The third kappa shape index (κ3) is 6.03. The Morgan fingerprint density at radius 3 is 2.64 bits per heavy atom. The summed E-state index contributed by atoms with van der Waals surface area (Å²) in [6.07, 6.45) is 4.02. The van der Waals surface area contributed by atoms with Gasteiger partial charge in [-0.2, -0.15) is 5.10 Å². The fourth-order valence-electron chi connectivity index (χ4n) is 2.23. The number of carbonyl (C=O) groups excluding carboxylic acids is 1. The molecule has 0 atom stereocenters. The Hall–Kier alpha value is -2.99. The molecule has 0 unspecified atom stereocenters. The number of ether oxygens (including phenoxy) is 3. The number of halogens is 1. The van der Waals surface area contributed by atoms with Gasteiger partial charge in [0.15, 0.2) is 11.5 Å². The summed E-state index contributed by atoms with van der Waals surface area (Å²) < 4.78 is 16.3. The molecule has 0 saturated carbocycles. The quantitative estimate of drug-likeness (QED) is 0.361. The molecule has 0 spiro atoms. The largest absolute Gasteiger partial charge is 0.493 e. The Kier molecular flexibility index (Phi) is 8.37. The van der Waals surface area contributed by atoms with Crippen molar-refractivity contribution in [3.05, 3.63) is 65.2 Å². The smallest absolute Gasteiger partial charge is 0.271 e. The van der Waals surface area contributed by atoms with Gasteiger partial charge in [-0.15, -0.1) is 0 Å². The Labute approximate surface area is 169 Å². The van der Waals surface area contributed by atoms with Crippen molar-refractivity contribution in [1.82, 2.24) is 5.43 Å². The van der Waals surface area contributed by atoms with Crippen molar-refractivity contribution in [2.75, 3.05) is 20.3 Å². The van der Waals surface area contributed by atoms with Crippen LogP contribution in [-0.4, -0.2) is 32.4 Å². The van der Waals surface area contributed by atoms with E-state index < -0.39 is 0 Å². The molecule has 7 heteroatoms. The van der Waals surface area contributed by atoms with E-state index >= 15 is 0 Å². The van der Waals surface area contributed by atoms with E-state index in [1.165, 1.54) is 13.3 Å². The van der Waals surface area contributed by atoms with Crippen molar-refractivity contribution in [2.24, 2.45) is 5.10 Å². The topological polar surface area (TPSA) is 69.2 Å². The molecule has 2 aromatic rings. The van der Waals surface area contributed by atoms with Crippen molar-refractivity contribution in [2.45, 2.75) is 13.3 Å². The van der Waals surface area contributed by atoms with Crippen LogP contribution in [0.2, 0.25) is 5.02 Å². The number of amides is 1. The number of hydrazone groups is 1. The maximum atomic E-state index is 12.3. The molecule has 6 nitrogen and oxygen atoms in total. The average Bonchev–Trinajstić information content (AvgIpc) is 2.71. The number of benzene rings is 2. The first-order valence-corrected chi connectivity index (χ1v) is 9.14. The second-order valence-electron chi connectivity index (χ2n) is 5.70. The molecule has 0 aromatic heterocycles. The molecule has 0 aliphatic rings. The van der Waals surface area contributed by atoms with Gasteiger partial charge in [-0.1, -0.05) is 31.2 Å². The summed E-state index contributed by atoms with van der Waals surface area (Å²) in [7, 11) is 1.53. The summed E-state index contributed by atoms with van der Waals surface area (Å²) in [6, 6.07) is 10.2. The summed E-state index contributed by atoms with van der Waals surface area (Å²) in [5.74, 6) is 1.28. The zero-order chi connectivity index (χ0) is 20.4. The highest BCUT2D eigenvalue weighted by atomic mass is 35.5. The van der Waals surface area contributed by atoms with Crippen molar-refractivity contribution < 1.29 is 19.0 Å². The van der Waals surface area contributed by atoms with Gasteiger partial charge in [-0.25, -0.2) is 5.43 Å². The Morgan fingerprint density at radius 2 is 1.96 bits per heavy atom. The molecule has 1 amide bonds. The van der Waals surface area contributed by atoms with Crippen LogP contribution in [0.25, 0.3) is 0 Å². The van der Waals surface area contributed by atoms with Crippen LogP contribution in [-0.2, 0) is 0 Å². The highest BCUT2D eigenvalue weighted by Gasteiger charge is 2.10. The minimum atomic E-state index is -0.367. The first kappa shape index (κ1) is 21.3. The predicted molar refractivity (Wildman–Crippen MR) is 111 cm³/mol. The van der Waals surface area contributed by atoms with Gasteiger partial charge < -0.3 is 14.2 Å². The lowest BCUT2D eigenvalue weighted by Gasteiger charge is -2.11. The normalized spacial score (nSPS) is 10.5. The van der Waals surface area contributed by atoms with Gasteiger partial charge in [0.25, 0.3) is 5.91 Å². The molecule has 148 valence electrons. The van der Waals surface area contributed by atoms with E-state index in [0.29, 0.717) is 41.0 Å². The van der Waals surface area contributed by atoms with Gasteiger partial charge in [-0.3, -0.25) is 4.79 Å². The molecule has 1 N–H and O–H groups in total. The van der Waals surface area contributed by atoms with E-state index in [1.807, 2.05) is 6.92 Å². The van der Waals surface area contributed by atoms with Crippen LogP contribution in [0.4, 0.5) is 0 Å². The molecule has 0 bridgehead atoms. The lowest BCUT2D eigenvalue weighted by molar-refractivity contribution is 0.0954. The lowest BCUT2D eigenvalue weighted by Crippen LogP contribution is -2.17. The Balaban J connectivity index is 2.01. The predicted octanol–water partition coefficient (Wildman–Crippen LogP) is 4.47. The maximum Gasteiger partial charge on any atom is 0.271 e. The summed E-state index contributed by atoms with van der Waals surface area (Å²) in [5.41, 5.74) is 3.60. The van der Waals surface area contributed by atoms with Gasteiger partial charge in [-0.05, 0) is 48.4 Å². The van der Waals surface area contributed by atoms with Crippen molar-refractivity contribution >= 4 is 23.7 Å². The van der Waals surface area contributed by atoms with E-state index in [1.54, 1.807) is 42.5 Å². The number of methoxy groups -OCH3 is 1. The lowest BCUT2D eigenvalue weighted by atomic mass is 10.2.